The molecule has 0 amide bonds. The summed E-state index contributed by atoms with van der Waals surface area (Å²) in [6, 6.07) is 5.04. The number of carbonyl (C=O) groups is 1. The molecule has 0 saturated heterocycles. The molecule has 7 nitrogen and oxygen atoms in total. The number of halogens is 1. The van der Waals surface area contributed by atoms with Gasteiger partial charge in [0.1, 0.15) is 16.1 Å². The number of nitrogens with zero attached hydrogens (tertiary/aromatic N) is 1. The third kappa shape index (κ3) is 4.23. The van der Waals surface area contributed by atoms with E-state index in [4.69, 9.17) is 16.1 Å². The van der Waals surface area contributed by atoms with Crippen LogP contribution in [0.3, 0.4) is 0 Å². The van der Waals surface area contributed by atoms with E-state index in [1.807, 2.05) is 32.9 Å². The van der Waals surface area contributed by atoms with E-state index in [1.54, 1.807) is 6.92 Å². The van der Waals surface area contributed by atoms with E-state index in [-0.39, 0.29) is 27.1 Å². The van der Waals surface area contributed by atoms with Gasteiger partial charge in [-0.2, -0.15) is 0 Å². The van der Waals surface area contributed by atoms with Crippen LogP contribution in [0.5, 0.6) is 0 Å². The van der Waals surface area contributed by atoms with E-state index in [1.165, 1.54) is 5.38 Å². The summed E-state index contributed by atoms with van der Waals surface area (Å²) < 4.78 is 45.0. The van der Waals surface area contributed by atoms with Crippen LogP contribution in [0.2, 0.25) is 5.02 Å². The average Bonchev–Trinajstić information content (AvgIpc) is 3.15. The smallest absolute Gasteiger partial charge is 0.270 e. The van der Waals surface area contributed by atoms with Crippen LogP contribution in [0.4, 0.5) is 5.88 Å². The Morgan fingerprint density at radius 3 is 2.41 bits per heavy atom. The van der Waals surface area contributed by atoms with Gasteiger partial charge >= 0.3 is 0 Å². The van der Waals surface area contributed by atoms with Crippen LogP contribution in [-0.2, 0) is 16.4 Å². The Morgan fingerprint density at radius 1 is 1.24 bits per heavy atom. The minimum absolute atomic E-state index is 0.0102. The molecule has 154 valence electrons. The van der Waals surface area contributed by atoms with Crippen molar-refractivity contribution >= 4 is 44.0 Å². The van der Waals surface area contributed by atoms with Crippen molar-refractivity contribution < 1.29 is 22.3 Å². The number of Topliss-reactive ketones (excluding diaryl/α,β-unsaturated/α-hetero) is 1. The Balaban J connectivity index is 1.97. The van der Waals surface area contributed by atoms with Crippen LogP contribution in [0, 0.1) is 27.7 Å². The van der Waals surface area contributed by atoms with Crippen molar-refractivity contribution in [2.45, 2.75) is 39.0 Å². The first kappa shape index (κ1) is 21.5. The maximum Gasteiger partial charge on any atom is 0.270 e. The minimum Gasteiger partial charge on any atom is -0.590 e. The highest BCUT2D eigenvalue weighted by atomic mass is 35.5. The first-order valence-electron chi connectivity index (χ1n) is 8.59. The van der Waals surface area contributed by atoms with E-state index in [9.17, 15) is 17.8 Å². The summed E-state index contributed by atoms with van der Waals surface area (Å²) in [5.41, 5.74) is 3.99. The molecule has 1 unspecified atom stereocenters. The summed E-state index contributed by atoms with van der Waals surface area (Å²) in [5.74, 6) is -0.789. The molecule has 0 aliphatic carbocycles. The van der Waals surface area contributed by atoms with Crippen LogP contribution < -0.4 is 4.72 Å². The molecule has 0 bridgehead atoms. The second kappa shape index (κ2) is 7.91. The molecule has 3 rings (SSSR count). The molecule has 1 atom stereocenters. The number of benzene rings is 1. The van der Waals surface area contributed by atoms with Crippen LogP contribution >= 0.6 is 22.4 Å². The van der Waals surface area contributed by atoms with Crippen molar-refractivity contribution in [3.8, 4) is 0 Å². The van der Waals surface area contributed by atoms with E-state index in [2.05, 4.69) is 9.88 Å². The number of hydrogen-bond acceptors (Lipinski definition) is 6. The Morgan fingerprint density at radius 2 is 1.86 bits per heavy atom. The van der Waals surface area contributed by atoms with Crippen molar-refractivity contribution in [2.75, 3.05) is 4.72 Å². The minimum atomic E-state index is -4.26. The van der Waals surface area contributed by atoms with E-state index in [0.717, 1.165) is 28.3 Å². The summed E-state index contributed by atoms with van der Waals surface area (Å²) in [7, 11) is -6.12. The molecule has 0 radical (unpaired) electrons. The lowest BCUT2D eigenvalue weighted by Crippen LogP contribution is -2.16. The summed E-state index contributed by atoms with van der Waals surface area (Å²) in [6.45, 7) is 7.27. The van der Waals surface area contributed by atoms with Crippen molar-refractivity contribution in [2.24, 2.45) is 0 Å². The fourth-order valence-corrected chi connectivity index (χ4v) is 6.05. The molecule has 0 spiro atoms. The van der Waals surface area contributed by atoms with Gasteiger partial charge in [-0.3, -0.25) is 4.79 Å². The molecular formula is C19H19ClN2O5S2. The number of aromatic nitrogens is 1. The number of anilines is 1. The molecule has 0 fully saturated rings. The Hall–Kier alpha value is -2.20. The second-order valence-electron chi connectivity index (χ2n) is 6.79. The highest BCUT2D eigenvalue weighted by molar-refractivity contribution is 7.93. The largest absolute Gasteiger partial charge is 0.590 e. The number of nitrogens with one attached hydrogen (secondary N) is 1. The Kier molecular flexibility index (Phi) is 5.86. The zero-order valence-corrected chi connectivity index (χ0v) is 18.6. The predicted molar refractivity (Wildman–Crippen MR) is 111 cm³/mol. The topological polar surface area (TPSA) is 112 Å². The van der Waals surface area contributed by atoms with Crippen molar-refractivity contribution in [3.05, 3.63) is 61.4 Å². The second-order valence-corrected chi connectivity index (χ2v) is 10.1. The molecule has 29 heavy (non-hydrogen) atoms. The molecule has 0 aliphatic rings. The van der Waals surface area contributed by atoms with E-state index >= 15 is 0 Å². The van der Waals surface area contributed by atoms with Crippen LogP contribution in [0.15, 0.2) is 33.0 Å². The van der Waals surface area contributed by atoms with Crippen molar-refractivity contribution in [1.82, 2.24) is 5.16 Å². The fraction of sp³-hybridized carbons (Fsp3) is 0.263. The van der Waals surface area contributed by atoms with E-state index < -0.39 is 26.6 Å². The number of carbonyl (C=O) groups excluding carboxylic acids is 1. The molecule has 10 heteroatoms. The van der Waals surface area contributed by atoms with Crippen molar-refractivity contribution in [1.29, 1.82) is 0 Å². The molecule has 0 saturated carbocycles. The summed E-state index contributed by atoms with van der Waals surface area (Å²) in [4.78, 5) is 12.3. The standard InChI is InChI=1S/C19H19ClN2O5S2/c1-10-7-11(2)14(12(3)8-10)9-15(23)18-16(5-6-28(18)24)29(25,26)22-19-17(20)13(4)21-27-19/h5-8,22H,9H2,1-4H3. The lowest BCUT2D eigenvalue weighted by molar-refractivity contribution is 0.0993. The number of hydrogen-bond donors (Lipinski definition) is 1. The average molecular weight is 455 g/mol. The van der Waals surface area contributed by atoms with Crippen molar-refractivity contribution in [3.63, 3.8) is 0 Å². The van der Waals surface area contributed by atoms with Gasteiger partial charge in [0, 0.05) is 12.5 Å². The van der Waals surface area contributed by atoms with Gasteiger partial charge in [-0.25, -0.2) is 13.1 Å². The zero-order chi connectivity index (χ0) is 21.5. The molecule has 1 aromatic carbocycles. The number of ketones is 1. The number of rotatable bonds is 6. The molecule has 3 aromatic rings. The van der Waals surface area contributed by atoms with E-state index in [0.29, 0.717) is 5.69 Å². The fourth-order valence-electron chi connectivity index (χ4n) is 3.16. The first-order chi connectivity index (χ1) is 13.5. The molecule has 1 N–H and O–H groups in total. The van der Waals surface area contributed by atoms with Gasteiger partial charge in [0.15, 0.2) is 4.90 Å². The number of thiophene rings is 1. The van der Waals surface area contributed by atoms with Gasteiger partial charge < -0.3 is 9.08 Å². The lowest BCUT2D eigenvalue weighted by atomic mass is 9.95. The first-order valence-corrected chi connectivity index (χ1v) is 11.7. The molecule has 2 heterocycles. The Bertz CT molecular complexity index is 1190. The van der Waals surface area contributed by atoms with Gasteiger partial charge in [0.2, 0.25) is 10.7 Å². The quantitative estimate of drug-likeness (QED) is 0.433. The van der Waals surface area contributed by atoms with Crippen LogP contribution in [0.25, 0.3) is 0 Å². The monoisotopic (exact) mass is 454 g/mol. The summed E-state index contributed by atoms with van der Waals surface area (Å²) >= 11 is 5.96. The zero-order valence-electron chi connectivity index (χ0n) is 16.2. The predicted octanol–water partition coefficient (Wildman–Crippen LogP) is 4.52. The van der Waals surface area contributed by atoms with Gasteiger partial charge in [0.05, 0.1) is 0 Å². The maximum absolute atomic E-state index is 13.0. The maximum atomic E-state index is 13.0. The third-order valence-corrected chi connectivity index (χ3v) is 7.69. The normalized spacial score (nSPS) is 12.3. The molecule has 0 aliphatic heterocycles. The Labute approximate surface area is 176 Å². The number of sulfonamides is 1. The highest BCUT2D eigenvalue weighted by Gasteiger charge is 2.33. The highest BCUT2D eigenvalue weighted by Crippen LogP contribution is 2.34. The van der Waals surface area contributed by atoms with Gasteiger partial charge in [-0.1, -0.05) is 34.5 Å². The van der Waals surface area contributed by atoms with Gasteiger partial charge in [-0.05, 0) is 55.1 Å². The number of aryl methyl sites for hydroxylation is 4. The lowest BCUT2D eigenvalue weighted by Gasteiger charge is -2.11. The van der Waals surface area contributed by atoms with Gasteiger partial charge in [-0.15, -0.1) is 0 Å². The molecule has 2 aromatic heterocycles. The van der Waals surface area contributed by atoms with Gasteiger partial charge in [0.25, 0.3) is 15.9 Å². The third-order valence-electron chi connectivity index (χ3n) is 4.51. The summed E-state index contributed by atoms with van der Waals surface area (Å²) in [6.07, 6.45) is -0.0537. The SMILES string of the molecule is Cc1cc(C)c(CC(=O)c2c(S(=O)(=O)Nc3onc(C)c3Cl)cc[s+]2[O-])c(C)c1. The molecular weight excluding hydrogens is 436 g/mol. The summed E-state index contributed by atoms with van der Waals surface area (Å²) in [5, 5.41) is 4.76. The van der Waals surface area contributed by atoms with Crippen LogP contribution in [-0.4, -0.2) is 23.9 Å². The van der Waals surface area contributed by atoms with Crippen LogP contribution in [0.1, 0.15) is 37.6 Å².